The summed E-state index contributed by atoms with van der Waals surface area (Å²) in [6.07, 6.45) is 0. The molecule has 1 rings (SSSR count). The Bertz CT molecular complexity index is 394. The number of carboxylic acid groups (broad SMARTS) is 1. The van der Waals surface area contributed by atoms with Crippen molar-refractivity contribution in [2.24, 2.45) is 0 Å². The number of aliphatic carboxylic acids is 1. The minimum absolute atomic E-state index is 0.145. The summed E-state index contributed by atoms with van der Waals surface area (Å²) >= 11 is 0. The zero-order valence-corrected chi connectivity index (χ0v) is 7.74. The van der Waals surface area contributed by atoms with E-state index in [9.17, 15) is 4.79 Å². The fraction of sp³-hybridized carbons (Fsp3) is 0.200. The van der Waals surface area contributed by atoms with Crippen LogP contribution >= 0.6 is 0 Å². The van der Waals surface area contributed by atoms with E-state index >= 15 is 0 Å². The Morgan fingerprint density at radius 2 is 2.29 bits per heavy atom. The van der Waals surface area contributed by atoms with Gasteiger partial charge in [-0.2, -0.15) is 5.26 Å². The van der Waals surface area contributed by atoms with Crippen LogP contribution in [0.3, 0.4) is 0 Å². The predicted molar refractivity (Wildman–Crippen MR) is 52.0 cm³/mol. The van der Waals surface area contributed by atoms with Gasteiger partial charge in [0.05, 0.1) is 11.6 Å². The van der Waals surface area contributed by atoms with Gasteiger partial charge in [-0.1, -0.05) is 0 Å². The first kappa shape index (κ1) is 10.1. The summed E-state index contributed by atoms with van der Waals surface area (Å²) in [5, 5.41) is 19.8. The topological polar surface area (TPSA) is 73.1 Å². The van der Waals surface area contributed by atoms with Gasteiger partial charge in [-0.05, 0) is 30.7 Å². The lowest BCUT2D eigenvalue weighted by Crippen LogP contribution is -2.12. The molecule has 0 bridgehead atoms. The highest BCUT2D eigenvalue weighted by molar-refractivity contribution is 5.73. The SMILES string of the molecule is Cc1cc(C#N)cc(NCC(=O)O)c1. The molecule has 0 spiro atoms. The molecule has 0 saturated heterocycles. The molecule has 0 atom stereocenters. The number of benzene rings is 1. The van der Waals surface area contributed by atoms with Crippen LogP contribution in [0.2, 0.25) is 0 Å². The van der Waals surface area contributed by atoms with Crippen molar-refractivity contribution in [3.63, 3.8) is 0 Å². The third-order valence-corrected chi connectivity index (χ3v) is 1.65. The molecule has 72 valence electrons. The van der Waals surface area contributed by atoms with Gasteiger partial charge in [0.25, 0.3) is 0 Å². The molecule has 0 aliphatic heterocycles. The molecular weight excluding hydrogens is 180 g/mol. The Balaban J connectivity index is 2.82. The van der Waals surface area contributed by atoms with Crippen LogP contribution in [0.1, 0.15) is 11.1 Å². The largest absolute Gasteiger partial charge is 0.480 e. The number of hydrogen-bond acceptors (Lipinski definition) is 3. The first-order valence-electron chi connectivity index (χ1n) is 4.09. The van der Waals surface area contributed by atoms with Crippen molar-refractivity contribution < 1.29 is 9.90 Å². The second-order valence-corrected chi connectivity index (χ2v) is 2.95. The fourth-order valence-corrected chi connectivity index (χ4v) is 1.13. The van der Waals surface area contributed by atoms with Crippen molar-refractivity contribution in [1.82, 2.24) is 0 Å². The highest BCUT2D eigenvalue weighted by Gasteiger charge is 1.99. The molecule has 1 aromatic rings. The third-order valence-electron chi connectivity index (χ3n) is 1.65. The average molecular weight is 190 g/mol. The van der Waals surface area contributed by atoms with E-state index in [1.807, 2.05) is 13.0 Å². The van der Waals surface area contributed by atoms with E-state index in [2.05, 4.69) is 5.32 Å². The zero-order chi connectivity index (χ0) is 10.6. The maximum Gasteiger partial charge on any atom is 0.322 e. The first-order valence-corrected chi connectivity index (χ1v) is 4.09. The molecule has 0 aromatic heterocycles. The number of carboxylic acids is 1. The van der Waals surface area contributed by atoms with Crippen molar-refractivity contribution in [2.45, 2.75) is 6.92 Å². The summed E-state index contributed by atoms with van der Waals surface area (Å²) < 4.78 is 0. The molecule has 0 radical (unpaired) electrons. The van der Waals surface area contributed by atoms with Crippen molar-refractivity contribution in [3.05, 3.63) is 29.3 Å². The van der Waals surface area contributed by atoms with E-state index in [4.69, 9.17) is 10.4 Å². The van der Waals surface area contributed by atoms with Crippen LogP contribution in [0.15, 0.2) is 18.2 Å². The Hall–Kier alpha value is -2.02. The lowest BCUT2D eigenvalue weighted by atomic mass is 10.1. The minimum Gasteiger partial charge on any atom is -0.480 e. The first-order chi connectivity index (χ1) is 6.61. The van der Waals surface area contributed by atoms with E-state index in [1.165, 1.54) is 0 Å². The zero-order valence-electron chi connectivity index (χ0n) is 7.74. The van der Waals surface area contributed by atoms with Crippen LogP contribution in [0.4, 0.5) is 5.69 Å². The number of anilines is 1. The van der Waals surface area contributed by atoms with Gasteiger partial charge < -0.3 is 10.4 Å². The van der Waals surface area contributed by atoms with Crippen LogP contribution in [0.25, 0.3) is 0 Å². The Labute approximate surface area is 81.8 Å². The summed E-state index contributed by atoms with van der Waals surface area (Å²) in [4.78, 5) is 10.3. The van der Waals surface area contributed by atoms with Crippen molar-refractivity contribution in [1.29, 1.82) is 5.26 Å². The van der Waals surface area contributed by atoms with E-state index in [1.54, 1.807) is 18.2 Å². The van der Waals surface area contributed by atoms with E-state index < -0.39 is 5.97 Å². The van der Waals surface area contributed by atoms with E-state index in [0.717, 1.165) is 5.56 Å². The molecule has 4 heteroatoms. The van der Waals surface area contributed by atoms with Gasteiger partial charge in [0.15, 0.2) is 0 Å². The maximum absolute atomic E-state index is 10.3. The van der Waals surface area contributed by atoms with Crippen LogP contribution in [0, 0.1) is 18.3 Å². The number of nitrogens with zero attached hydrogens (tertiary/aromatic N) is 1. The quantitative estimate of drug-likeness (QED) is 0.754. The lowest BCUT2D eigenvalue weighted by molar-refractivity contribution is -0.134. The Kier molecular flexibility index (Phi) is 3.08. The monoisotopic (exact) mass is 190 g/mol. The molecule has 14 heavy (non-hydrogen) atoms. The number of aryl methyl sites for hydroxylation is 1. The normalized spacial score (nSPS) is 9.14. The molecule has 0 heterocycles. The summed E-state index contributed by atoms with van der Waals surface area (Å²) in [6.45, 7) is 1.71. The maximum atomic E-state index is 10.3. The summed E-state index contributed by atoms with van der Waals surface area (Å²) in [5.74, 6) is -0.926. The average Bonchev–Trinajstić information content (AvgIpc) is 2.14. The highest BCUT2D eigenvalue weighted by atomic mass is 16.4. The molecular formula is C10H10N2O2. The van der Waals surface area contributed by atoms with Crippen molar-refractivity contribution in [3.8, 4) is 6.07 Å². The van der Waals surface area contributed by atoms with Crippen LogP contribution < -0.4 is 5.32 Å². The fourth-order valence-electron chi connectivity index (χ4n) is 1.13. The van der Waals surface area contributed by atoms with Gasteiger partial charge in [0, 0.05) is 5.69 Å². The predicted octanol–water partition coefficient (Wildman–Crippen LogP) is 1.36. The molecule has 4 nitrogen and oxygen atoms in total. The van der Waals surface area contributed by atoms with Gasteiger partial charge in [0.2, 0.25) is 0 Å². The van der Waals surface area contributed by atoms with Crippen LogP contribution in [-0.2, 0) is 4.79 Å². The standard InChI is InChI=1S/C10H10N2O2/c1-7-2-8(5-11)4-9(3-7)12-6-10(13)14/h2-4,12H,6H2,1H3,(H,13,14). The number of rotatable bonds is 3. The summed E-state index contributed by atoms with van der Waals surface area (Å²) in [5.41, 5.74) is 2.11. The second-order valence-electron chi connectivity index (χ2n) is 2.95. The van der Waals surface area contributed by atoms with Crippen molar-refractivity contribution >= 4 is 11.7 Å². The summed E-state index contributed by atoms with van der Waals surface area (Å²) in [7, 11) is 0. The minimum atomic E-state index is -0.926. The molecule has 1 aromatic carbocycles. The molecule has 0 saturated carbocycles. The Morgan fingerprint density at radius 1 is 1.57 bits per heavy atom. The number of carbonyl (C=O) groups is 1. The van der Waals surface area contributed by atoms with Gasteiger partial charge in [-0.25, -0.2) is 0 Å². The number of hydrogen-bond donors (Lipinski definition) is 2. The number of nitrogens with one attached hydrogen (secondary N) is 1. The molecule has 0 aliphatic rings. The molecule has 2 N–H and O–H groups in total. The van der Waals surface area contributed by atoms with E-state index in [0.29, 0.717) is 11.3 Å². The molecule has 0 fully saturated rings. The van der Waals surface area contributed by atoms with Crippen LogP contribution in [-0.4, -0.2) is 17.6 Å². The second kappa shape index (κ2) is 4.28. The molecule has 0 unspecified atom stereocenters. The van der Waals surface area contributed by atoms with Gasteiger partial charge >= 0.3 is 5.97 Å². The smallest absolute Gasteiger partial charge is 0.322 e. The third kappa shape index (κ3) is 2.79. The van der Waals surface area contributed by atoms with Gasteiger partial charge in [-0.15, -0.1) is 0 Å². The van der Waals surface area contributed by atoms with Gasteiger partial charge in [0.1, 0.15) is 6.54 Å². The van der Waals surface area contributed by atoms with Gasteiger partial charge in [-0.3, -0.25) is 4.79 Å². The molecule has 0 amide bonds. The van der Waals surface area contributed by atoms with Crippen LogP contribution in [0.5, 0.6) is 0 Å². The van der Waals surface area contributed by atoms with E-state index in [-0.39, 0.29) is 6.54 Å². The number of nitriles is 1. The summed E-state index contributed by atoms with van der Waals surface area (Å²) in [6, 6.07) is 7.17. The molecule has 0 aliphatic carbocycles. The Morgan fingerprint density at radius 3 is 2.86 bits per heavy atom. The highest BCUT2D eigenvalue weighted by Crippen LogP contribution is 2.13. The lowest BCUT2D eigenvalue weighted by Gasteiger charge is -2.04. The van der Waals surface area contributed by atoms with Crippen molar-refractivity contribution in [2.75, 3.05) is 11.9 Å².